The summed E-state index contributed by atoms with van der Waals surface area (Å²) in [6.07, 6.45) is 5.04. The zero-order chi connectivity index (χ0) is 12.4. The van der Waals surface area contributed by atoms with Crippen LogP contribution in [0.2, 0.25) is 0 Å². The number of nitrogens with zero attached hydrogens (tertiary/aromatic N) is 1. The van der Waals surface area contributed by atoms with Crippen LogP contribution in [0.4, 0.5) is 5.69 Å². The molecule has 0 aliphatic heterocycles. The summed E-state index contributed by atoms with van der Waals surface area (Å²) in [7, 11) is 2.22. The highest BCUT2D eigenvalue weighted by Gasteiger charge is 2.23. The smallest absolute Gasteiger partial charge is 0.0396 e. The second-order valence-corrected chi connectivity index (χ2v) is 5.50. The minimum atomic E-state index is 0.240. The topological polar surface area (TPSA) is 29.3 Å². The van der Waals surface area contributed by atoms with Gasteiger partial charge in [0.1, 0.15) is 0 Å². The molecule has 0 bridgehead atoms. The predicted molar refractivity (Wildman–Crippen MR) is 74.6 cm³/mol. The summed E-state index contributed by atoms with van der Waals surface area (Å²) in [4.78, 5) is 2.44. The molecule has 1 fully saturated rings. The standard InChI is InChI=1S/C15H24N2/c1-11-9-13(10-12(2)16)7-8-15(11)17(3)14-5-4-6-14/h7-9,12,14H,4-6,10,16H2,1-3H3. The molecule has 1 aromatic rings. The van der Waals surface area contributed by atoms with Gasteiger partial charge in [0.05, 0.1) is 0 Å². The van der Waals surface area contributed by atoms with Crippen molar-refractivity contribution in [2.24, 2.45) is 5.73 Å². The molecule has 17 heavy (non-hydrogen) atoms. The van der Waals surface area contributed by atoms with E-state index in [0.29, 0.717) is 0 Å². The fourth-order valence-electron chi connectivity index (χ4n) is 2.58. The molecule has 1 aromatic carbocycles. The molecule has 0 aromatic heterocycles. The summed E-state index contributed by atoms with van der Waals surface area (Å²) in [6, 6.07) is 7.76. The zero-order valence-electron chi connectivity index (χ0n) is 11.2. The summed E-state index contributed by atoms with van der Waals surface area (Å²) in [6.45, 7) is 4.26. The molecule has 2 nitrogen and oxygen atoms in total. The maximum atomic E-state index is 5.84. The van der Waals surface area contributed by atoms with Gasteiger partial charge in [0, 0.05) is 24.8 Å². The van der Waals surface area contributed by atoms with E-state index < -0.39 is 0 Å². The lowest BCUT2D eigenvalue weighted by Gasteiger charge is -2.37. The van der Waals surface area contributed by atoms with Gasteiger partial charge in [0.2, 0.25) is 0 Å². The average Bonchev–Trinajstić information content (AvgIpc) is 2.13. The fraction of sp³-hybridized carbons (Fsp3) is 0.600. The third-order valence-electron chi connectivity index (χ3n) is 3.82. The van der Waals surface area contributed by atoms with Crippen LogP contribution in [0, 0.1) is 6.92 Å². The van der Waals surface area contributed by atoms with Gasteiger partial charge in [-0.15, -0.1) is 0 Å². The molecule has 0 spiro atoms. The molecular weight excluding hydrogens is 208 g/mol. The van der Waals surface area contributed by atoms with E-state index in [0.717, 1.165) is 12.5 Å². The first-order chi connectivity index (χ1) is 8.08. The van der Waals surface area contributed by atoms with E-state index in [2.05, 4.69) is 44.0 Å². The Labute approximate surface area is 105 Å². The van der Waals surface area contributed by atoms with E-state index >= 15 is 0 Å². The Morgan fingerprint density at radius 1 is 1.41 bits per heavy atom. The Balaban J connectivity index is 2.13. The normalized spacial score (nSPS) is 17.6. The van der Waals surface area contributed by atoms with Crippen LogP contribution in [-0.2, 0) is 6.42 Å². The second-order valence-electron chi connectivity index (χ2n) is 5.50. The molecule has 1 aliphatic carbocycles. The highest BCUT2D eigenvalue weighted by molar-refractivity contribution is 5.55. The van der Waals surface area contributed by atoms with Crippen LogP contribution in [0.1, 0.15) is 37.3 Å². The van der Waals surface area contributed by atoms with Crippen molar-refractivity contribution in [2.75, 3.05) is 11.9 Å². The number of benzene rings is 1. The van der Waals surface area contributed by atoms with Crippen LogP contribution in [0.15, 0.2) is 18.2 Å². The first kappa shape index (κ1) is 12.4. The lowest BCUT2D eigenvalue weighted by atomic mass is 9.91. The molecule has 2 rings (SSSR count). The van der Waals surface area contributed by atoms with Gasteiger partial charge in [-0.3, -0.25) is 0 Å². The summed E-state index contributed by atoms with van der Waals surface area (Å²) >= 11 is 0. The van der Waals surface area contributed by atoms with Crippen molar-refractivity contribution in [3.05, 3.63) is 29.3 Å². The number of hydrogen-bond donors (Lipinski definition) is 1. The van der Waals surface area contributed by atoms with Crippen molar-refractivity contribution < 1.29 is 0 Å². The Bertz CT molecular complexity index is 381. The van der Waals surface area contributed by atoms with E-state index in [1.165, 1.54) is 36.1 Å². The van der Waals surface area contributed by atoms with Crippen LogP contribution in [0.25, 0.3) is 0 Å². The number of aryl methyl sites for hydroxylation is 1. The molecule has 0 heterocycles. The predicted octanol–water partition coefficient (Wildman–Crippen LogP) is 2.87. The van der Waals surface area contributed by atoms with Gasteiger partial charge >= 0.3 is 0 Å². The number of hydrogen-bond acceptors (Lipinski definition) is 2. The van der Waals surface area contributed by atoms with Crippen molar-refractivity contribution in [2.45, 2.75) is 51.6 Å². The number of rotatable bonds is 4. The van der Waals surface area contributed by atoms with Crippen molar-refractivity contribution >= 4 is 5.69 Å². The lowest BCUT2D eigenvalue weighted by molar-refractivity contribution is 0.401. The number of anilines is 1. The van der Waals surface area contributed by atoms with Gasteiger partial charge in [0.25, 0.3) is 0 Å². The van der Waals surface area contributed by atoms with Crippen LogP contribution < -0.4 is 10.6 Å². The largest absolute Gasteiger partial charge is 0.371 e. The maximum absolute atomic E-state index is 5.84. The third-order valence-corrected chi connectivity index (χ3v) is 3.82. The van der Waals surface area contributed by atoms with Gasteiger partial charge in [-0.1, -0.05) is 12.1 Å². The van der Waals surface area contributed by atoms with Crippen molar-refractivity contribution in [1.82, 2.24) is 0 Å². The molecule has 0 radical (unpaired) electrons. The minimum Gasteiger partial charge on any atom is -0.371 e. The first-order valence-electron chi connectivity index (χ1n) is 6.66. The van der Waals surface area contributed by atoms with Crippen molar-refractivity contribution in [3.63, 3.8) is 0 Å². The van der Waals surface area contributed by atoms with Crippen LogP contribution in [0.3, 0.4) is 0 Å². The van der Waals surface area contributed by atoms with Crippen LogP contribution >= 0.6 is 0 Å². The molecule has 0 saturated heterocycles. The molecule has 2 heteroatoms. The second kappa shape index (κ2) is 5.09. The molecule has 1 saturated carbocycles. The van der Waals surface area contributed by atoms with Crippen LogP contribution in [-0.4, -0.2) is 19.1 Å². The van der Waals surface area contributed by atoms with Gasteiger partial charge in [0.15, 0.2) is 0 Å². The SMILES string of the molecule is Cc1cc(CC(C)N)ccc1N(C)C1CCC1. The quantitative estimate of drug-likeness (QED) is 0.865. The maximum Gasteiger partial charge on any atom is 0.0396 e. The zero-order valence-corrected chi connectivity index (χ0v) is 11.2. The molecule has 94 valence electrons. The summed E-state index contributed by atoms with van der Waals surface area (Å²) in [5.74, 6) is 0. The van der Waals surface area contributed by atoms with E-state index in [4.69, 9.17) is 5.73 Å². The van der Waals surface area contributed by atoms with E-state index in [-0.39, 0.29) is 6.04 Å². The first-order valence-corrected chi connectivity index (χ1v) is 6.66. The van der Waals surface area contributed by atoms with Gasteiger partial charge < -0.3 is 10.6 Å². The summed E-state index contributed by atoms with van der Waals surface area (Å²) in [5.41, 5.74) is 9.94. The highest BCUT2D eigenvalue weighted by Crippen LogP contribution is 2.30. The Morgan fingerprint density at radius 2 is 2.12 bits per heavy atom. The molecule has 0 amide bonds. The monoisotopic (exact) mass is 232 g/mol. The molecule has 1 unspecified atom stereocenters. The summed E-state index contributed by atoms with van der Waals surface area (Å²) < 4.78 is 0. The molecular formula is C15H24N2. The molecule has 1 aliphatic rings. The van der Waals surface area contributed by atoms with Crippen molar-refractivity contribution in [3.8, 4) is 0 Å². The fourth-order valence-corrected chi connectivity index (χ4v) is 2.58. The number of nitrogens with two attached hydrogens (primary N) is 1. The van der Waals surface area contributed by atoms with Crippen LogP contribution in [0.5, 0.6) is 0 Å². The lowest BCUT2D eigenvalue weighted by Crippen LogP contribution is -2.37. The summed E-state index contributed by atoms with van der Waals surface area (Å²) in [5, 5.41) is 0. The third kappa shape index (κ3) is 2.81. The van der Waals surface area contributed by atoms with E-state index in [1.54, 1.807) is 0 Å². The van der Waals surface area contributed by atoms with E-state index in [1.807, 2.05) is 0 Å². The van der Waals surface area contributed by atoms with E-state index in [9.17, 15) is 0 Å². The highest BCUT2D eigenvalue weighted by atomic mass is 15.1. The minimum absolute atomic E-state index is 0.240. The molecule has 1 atom stereocenters. The van der Waals surface area contributed by atoms with Gasteiger partial charge in [-0.05, 0) is 56.7 Å². The average molecular weight is 232 g/mol. The Morgan fingerprint density at radius 3 is 2.59 bits per heavy atom. The van der Waals surface area contributed by atoms with Crippen molar-refractivity contribution in [1.29, 1.82) is 0 Å². The Kier molecular flexibility index (Phi) is 3.72. The molecule has 2 N–H and O–H groups in total. The van der Waals surface area contributed by atoms with Gasteiger partial charge in [-0.25, -0.2) is 0 Å². The van der Waals surface area contributed by atoms with Gasteiger partial charge in [-0.2, -0.15) is 0 Å². The Hall–Kier alpha value is -1.02.